The van der Waals surface area contributed by atoms with Gasteiger partial charge < -0.3 is 4.57 Å². The molecule has 6 heteroatoms. The van der Waals surface area contributed by atoms with E-state index in [4.69, 9.17) is 34.8 Å². The van der Waals surface area contributed by atoms with E-state index < -0.39 is 0 Å². The number of hydrogen-bond acceptors (Lipinski definition) is 2. The van der Waals surface area contributed by atoms with Gasteiger partial charge in [-0.25, -0.2) is 4.98 Å². The molecule has 0 aliphatic heterocycles. The van der Waals surface area contributed by atoms with Crippen LogP contribution in [-0.2, 0) is 13.0 Å². The highest BCUT2D eigenvalue weighted by Crippen LogP contribution is 2.38. The van der Waals surface area contributed by atoms with Crippen LogP contribution in [0.15, 0.2) is 66.1 Å². The second-order valence-corrected chi connectivity index (χ2v) is 8.61. The maximum atomic E-state index is 6.37. The molecule has 0 radical (unpaired) electrons. The summed E-state index contributed by atoms with van der Waals surface area (Å²) in [4.78, 5) is 5.08. The molecule has 0 N–H and O–H groups in total. The van der Waals surface area contributed by atoms with Gasteiger partial charge in [-0.2, -0.15) is 0 Å². The van der Waals surface area contributed by atoms with E-state index in [-0.39, 0.29) is 0 Å². The molecular formula is C20H19Cl3N2S. The average molecular weight is 426 g/mol. The van der Waals surface area contributed by atoms with Crippen LogP contribution in [0.4, 0.5) is 0 Å². The fourth-order valence-corrected chi connectivity index (χ4v) is 4.66. The van der Waals surface area contributed by atoms with Crippen molar-refractivity contribution in [1.29, 1.82) is 0 Å². The smallest absolute Gasteiger partial charge is 0.0945 e. The molecule has 1 heterocycles. The molecule has 0 aliphatic carbocycles. The highest BCUT2D eigenvalue weighted by atomic mass is 35.5. The van der Waals surface area contributed by atoms with Gasteiger partial charge in [-0.05, 0) is 49.1 Å². The van der Waals surface area contributed by atoms with Gasteiger partial charge in [0.15, 0.2) is 0 Å². The van der Waals surface area contributed by atoms with Crippen LogP contribution in [-0.4, -0.2) is 14.8 Å². The first-order chi connectivity index (χ1) is 12.6. The number of imidazole rings is 1. The van der Waals surface area contributed by atoms with Gasteiger partial charge in [-0.15, -0.1) is 11.8 Å². The minimum atomic E-state index is 0.394. The van der Waals surface area contributed by atoms with Crippen LogP contribution >= 0.6 is 46.6 Å². The minimum Gasteiger partial charge on any atom is -0.337 e. The summed E-state index contributed by atoms with van der Waals surface area (Å²) in [5, 5.41) is 2.58. The fourth-order valence-electron chi connectivity index (χ4n) is 2.71. The lowest BCUT2D eigenvalue weighted by Crippen LogP contribution is -2.09. The van der Waals surface area contributed by atoms with Crippen LogP contribution in [0.25, 0.3) is 0 Å². The zero-order chi connectivity index (χ0) is 18.4. The van der Waals surface area contributed by atoms with Crippen LogP contribution in [0, 0.1) is 0 Å². The predicted octanol–water partition coefficient (Wildman–Crippen LogP) is 7.03. The van der Waals surface area contributed by atoms with Crippen molar-refractivity contribution in [3.8, 4) is 0 Å². The van der Waals surface area contributed by atoms with Crippen molar-refractivity contribution < 1.29 is 0 Å². The van der Waals surface area contributed by atoms with E-state index in [9.17, 15) is 0 Å². The molecule has 0 saturated heterocycles. The Morgan fingerprint density at radius 1 is 0.962 bits per heavy atom. The SMILES string of the molecule is Clc1ccc(CCC(CCn2ccnc2)Sc2c(Cl)cccc2Cl)cc1. The molecule has 2 aromatic carbocycles. The number of hydrogen-bond donors (Lipinski definition) is 0. The van der Waals surface area contributed by atoms with Crippen molar-refractivity contribution in [2.75, 3.05) is 0 Å². The largest absolute Gasteiger partial charge is 0.337 e. The number of aromatic nitrogens is 2. The minimum absolute atomic E-state index is 0.394. The van der Waals surface area contributed by atoms with Crippen LogP contribution < -0.4 is 0 Å². The van der Waals surface area contributed by atoms with Crippen molar-refractivity contribution >= 4 is 46.6 Å². The van der Waals surface area contributed by atoms with Gasteiger partial charge in [0.1, 0.15) is 0 Å². The number of rotatable bonds is 8. The molecule has 0 fully saturated rings. The van der Waals surface area contributed by atoms with Crippen molar-refractivity contribution in [1.82, 2.24) is 9.55 Å². The van der Waals surface area contributed by atoms with Gasteiger partial charge in [-0.3, -0.25) is 0 Å². The lowest BCUT2D eigenvalue weighted by atomic mass is 10.1. The maximum Gasteiger partial charge on any atom is 0.0945 e. The Hall–Kier alpha value is -1.13. The third kappa shape index (κ3) is 5.68. The van der Waals surface area contributed by atoms with Crippen LogP contribution in [0.5, 0.6) is 0 Å². The zero-order valence-corrected chi connectivity index (χ0v) is 17.2. The van der Waals surface area contributed by atoms with Gasteiger partial charge in [0.25, 0.3) is 0 Å². The summed E-state index contributed by atoms with van der Waals surface area (Å²) in [6, 6.07) is 13.7. The third-order valence-corrected chi connectivity index (χ3v) is 6.73. The second kappa shape index (κ2) is 9.70. The maximum absolute atomic E-state index is 6.37. The number of nitrogens with zero attached hydrogens (tertiary/aromatic N) is 2. The summed E-state index contributed by atoms with van der Waals surface area (Å²) >= 11 is 20.5. The molecule has 3 rings (SSSR count). The van der Waals surface area contributed by atoms with Crippen molar-refractivity contribution in [3.05, 3.63) is 81.8 Å². The Balaban J connectivity index is 1.69. The topological polar surface area (TPSA) is 17.8 Å². The first kappa shape index (κ1) is 19.6. The van der Waals surface area contributed by atoms with Crippen LogP contribution in [0.1, 0.15) is 18.4 Å². The Morgan fingerprint density at radius 3 is 2.35 bits per heavy atom. The number of halogens is 3. The molecule has 0 amide bonds. The van der Waals surface area contributed by atoms with E-state index >= 15 is 0 Å². The summed E-state index contributed by atoms with van der Waals surface area (Å²) in [6.07, 6.45) is 8.67. The Labute approximate surface area is 173 Å². The van der Waals surface area contributed by atoms with Gasteiger partial charge >= 0.3 is 0 Å². The molecule has 0 saturated carbocycles. The highest BCUT2D eigenvalue weighted by molar-refractivity contribution is 8.00. The molecule has 3 aromatic rings. The monoisotopic (exact) mass is 424 g/mol. The predicted molar refractivity (Wildman–Crippen MR) is 113 cm³/mol. The Bertz CT molecular complexity index is 799. The molecule has 0 spiro atoms. The van der Waals surface area contributed by atoms with Crippen LogP contribution in [0.2, 0.25) is 15.1 Å². The summed E-state index contributed by atoms with van der Waals surface area (Å²) in [6.45, 7) is 0.917. The second-order valence-electron chi connectivity index (χ2n) is 6.04. The van der Waals surface area contributed by atoms with Crippen molar-refractivity contribution in [2.45, 2.75) is 36.0 Å². The number of thioether (sulfide) groups is 1. The van der Waals surface area contributed by atoms with E-state index in [1.165, 1.54) is 5.56 Å². The molecule has 2 nitrogen and oxygen atoms in total. The van der Waals surface area contributed by atoms with Gasteiger partial charge in [0, 0.05) is 34.1 Å². The van der Waals surface area contributed by atoms with E-state index in [1.807, 2.05) is 42.9 Å². The number of aryl methyl sites for hydroxylation is 2. The Kier molecular flexibility index (Phi) is 7.32. The fraction of sp³-hybridized carbons (Fsp3) is 0.250. The van der Waals surface area contributed by atoms with Crippen LogP contribution in [0.3, 0.4) is 0 Å². The van der Waals surface area contributed by atoms with Crippen molar-refractivity contribution in [2.24, 2.45) is 0 Å². The van der Waals surface area contributed by atoms with E-state index in [0.29, 0.717) is 15.3 Å². The molecular weight excluding hydrogens is 407 g/mol. The molecule has 1 aromatic heterocycles. The first-order valence-electron chi connectivity index (χ1n) is 8.42. The molecule has 0 aliphatic rings. The Morgan fingerprint density at radius 2 is 1.69 bits per heavy atom. The molecule has 1 unspecified atom stereocenters. The standard InChI is InChI=1S/C20H19Cl3N2S/c21-16-7-4-15(5-8-16)6-9-17(10-12-25-13-11-24-14-25)26-20-18(22)2-1-3-19(20)23/h1-5,7-8,11,13-14,17H,6,9-10,12H2. The summed E-state index contributed by atoms with van der Waals surface area (Å²) in [5.74, 6) is 0. The first-order valence-corrected chi connectivity index (χ1v) is 10.4. The third-order valence-electron chi connectivity index (χ3n) is 4.14. The quantitative estimate of drug-likeness (QED) is 0.361. The van der Waals surface area contributed by atoms with E-state index in [0.717, 1.165) is 35.7 Å². The lowest BCUT2D eigenvalue weighted by Gasteiger charge is -2.18. The van der Waals surface area contributed by atoms with E-state index in [1.54, 1.807) is 18.0 Å². The van der Waals surface area contributed by atoms with Crippen molar-refractivity contribution in [3.63, 3.8) is 0 Å². The lowest BCUT2D eigenvalue weighted by molar-refractivity contribution is 0.598. The average Bonchev–Trinajstić information content (AvgIpc) is 3.15. The van der Waals surface area contributed by atoms with Gasteiger partial charge in [0.05, 0.1) is 16.4 Å². The van der Waals surface area contributed by atoms with Gasteiger partial charge in [-0.1, -0.05) is 53.0 Å². The number of benzene rings is 2. The summed E-state index contributed by atoms with van der Waals surface area (Å²) in [5.41, 5.74) is 1.29. The zero-order valence-electron chi connectivity index (χ0n) is 14.1. The summed E-state index contributed by atoms with van der Waals surface area (Å²) in [7, 11) is 0. The summed E-state index contributed by atoms with van der Waals surface area (Å²) < 4.78 is 2.10. The normalized spacial score (nSPS) is 12.3. The highest BCUT2D eigenvalue weighted by Gasteiger charge is 2.15. The van der Waals surface area contributed by atoms with E-state index in [2.05, 4.69) is 21.7 Å². The molecule has 0 bridgehead atoms. The molecule has 136 valence electrons. The van der Waals surface area contributed by atoms with Gasteiger partial charge in [0.2, 0.25) is 0 Å². The molecule has 1 atom stereocenters. The molecule has 26 heavy (non-hydrogen) atoms.